The van der Waals surface area contributed by atoms with Gasteiger partial charge in [0.2, 0.25) is 0 Å². The second kappa shape index (κ2) is 7.98. The number of carbonyl (C=O) groups excluding carboxylic acids is 1. The zero-order valence-electron chi connectivity index (χ0n) is 16.0. The summed E-state index contributed by atoms with van der Waals surface area (Å²) < 4.78 is 25.7. The summed E-state index contributed by atoms with van der Waals surface area (Å²) in [5.74, 6) is -3.15. The molecule has 1 aromatic heterocycles. The molecule has 0 amide bonds. The summed E-state index contributed by atoms with van der Waals surface area (Å²) in [6, 6.07) is -1.24. The minimum atomic E-state index is -3.67. The van der Waals surface area contributed by atoms with Gasteiger partial charge in [0.15, 0.2) is 0 Å². The van der Waals surface area contributed by atoms with Gasteiger partial charge in [-0.25, -0.2) is 9.18 Å². The highest BCUT2D eigenvalue weighted by Crippen LogP contribution is 2.45. The van der Waals surface area contributed by atoms with Crippen LogP contribution in [0.15, 0.2) is 11.0 Å². The van der Waals surface area contributed by atoms with Crippen molar-refractivity contribution in [3.05, 3.63) is 26.9 Å². The Morgan fingerprint density at radius 3 is 2.60 bits per heavy atom. The molecule has 5 N–H and O–H groups in total. The minimum Gasteiger partial charge on any atom is -0.473 e. The van der Waals surface area contributed by atoms with Crippen molar-refractivity contribution < 1.29 is 28.9 Å². The number of nitrogens with zero attached hydrogens (tertiary/aromatic N) is 1. The Labute approximate surface area is 180 Å². The first kappa shape index (κ1) is 24.4. The van der Waals surface area contributed by atoms with Gasteiger partial charge in [0.25, 0.3) is 5.85 Å². The third kappa shape index (κ3) is 3.76. The number of aliphatic hydroxyl groups excluding tert-OH is 2. The number of ether oxygens (including phenoxy) is 2. The fourth-order valence-electron chi connectivity index (χ4n) is 2.70. The third-order valence-corrected chi connectivity index (χ3v) is 5.00. The molecule has 30 heavy (non-hydrogen) atoms. The Morgan fingerprint density at radius 1 is 1.53 bits per heavy atom. The van der Waals surface area contributed by atoms with Crippen LogP contribution in [0.2, 0.25) is 0 Å². The van der Waals surface area contributed by atoms with Gasteiger partial charge >= 0.3 is 11.7 Å². The summed E-state index contributed by atoms with van der Waals surface area (Å²) in [6.45, 7) is 3.16. The quantitative estimate of drug-likeness (QED) is 0.175. The minimum absolute atomic E-state index is 0.0582. The number of H-pyrrole nitrogens is 1. The average molecular weight is 431 g/mol. The number of aromatic nitrogens is 2. The standard InChI is InChI=1S/C16H17B3FN3O6S/c1-4-7-5-23(13(27)22-11(7)30)15(17)10(25)9(24)14(20,29-15)16(18,19)28-12(26)8(21)6(2)3/h1,5-6,8-10,24-25H,21H2,2-3H3,(H,22,27,30)/t8-,9-,10+,14-,15-/m0/s1. The number of alkyl halides is 1. The molecule has 1 aromatic rings. The molecular formula is C16H17B3FN3O6S. The molecule has 0 bridgehead atoms. The summed E-state index contributed by atoms with van der Waals surface area (Å²) in [7, 11) is 17.0. The van der Waals surface area contributed by atoms with Crippen molar-refractivity contribution >= 4 is 41.7 Å². The SMILES string of the molecule is [B]C([B])(OC(=O)[C@@H](N)C(C)C)[C@@]1(F)O[C@@]([B])(n2cc(C#C)c(=S)[nH]c2=O)[C@H](O)[C@@H]1O. The molecule has 2 rings (SSSR count). The van der Waals surface area contributed by atoms with E-state index in [1.165, 1.54) is 0 Å². The highest BCUT2D eigenvalue weighted by atomic mass is 32.1. The maximum Gasteiger partial charge on any atom is 0.328 e. The van der Waals surface area contributed by atoms with Crippen LogP contribution in [0.25, 0.3) is 0 Å². The van der Waals surface area contributed by atoms with Gasteiger partial charge in [-0.05, 0) is 5.92 Å². The lowest BCUT2D eigenvalue weighted by Gasteiger charge is -2.41. The maximum absolute atomic E-state index is 15.7. The lowest BCUT2D eigenvalue weighted by atomic mass is 9.59. The number of esters is 1. The average Bonchev–Trinajstić information content (AvgIpc) is 2.82. The van der Waals surface area contributed by atoms with Crippen LogP contribution in [-0.4, -0.2) is 78.8 Å². The maximum atomic E-state index is 15.7. The van der Waals surface area contributed by atoms with E-state index in [1.807, 2.05) is 0 Å². The van der Waals surface area contributed by atoms with Gasteiger partial charge in [-0.15, -0.1) is 6.42 Å². The van der Waals surface area contributed by atoms with E-state index in [2.05, 4.69) is 10.9 Å². The van der Waals surface area contributed by atoms with Crippen molar-refractivity contribution in [1.29, 1.82) is 0 Å². The molecule has 0 aromatic carbocycles. The summed E-state index contributed by atoms with van der Waals surface area (Å²) in [5.41, 5.74) is 1.73. The number of terminal acetylenes is 1. The van der Waals surface area contributed by atoms with E-state index in [4.69, 9.17) is 57.4 Å². The van der Waals surface area contributed by atoms with Crippen molar-refractivity contribution in [2.45, 2.75) is 49.0 Å². The molecule has 14 heteroatoms. The molecule has 0 saturated carbocycles. The van der Waals surface area contributed by atoms with Gasteiger partial charge < -0.3 is 25.4 Å². The van der Waals surface area contributed by atoms with Crippen LogP contribution in [0.1, 0.15) is 19.4 Å². The number of nitrogens with two attached hydrogens (primary N) is 1. The first-order valence-electron chi connectivity index (χ1n) is 8.55. The van der Waals surface area contributed by atoms with Crippen LogP contribution >= 0.6 is 12.2 Å². The van der Waals surface area contributed by atoms with Crippen LogP contribution in [-0.2, 0) is 19.9 Å². The van der Waals surface area contributed by atoms with Gasteiger partial charge in [-0.1, -0.05) is 32.0 Å². The van der Waals surface area contributed by atoms with Crippen molar-refractivity contribution in [1.82, 2.24) is 9.55 Å². The van der Waals surface area contributed by atoms with Gasteiger partial charge in [0.05, 0.1) is 11.0 Å². The number of halogens is 1. The Kier molecular flexibility index (Phi) is 6.48. The Balaban J connectivity index is 2.52. The predicted molar refractivity (Wildman–Crippen MR) is 108 cm³/mol. The number of rotatable bonds is 5. The van der Waals surface area contributed by atoms with Crippen LogP contribution in [0.3, 0.4) is 0 Å². The fourth-order valence-corrected chi connectivity index (χ4v) is 2.90. The number of aliphatic hydroxyl groups is 2. The number of carbonyl (C=O) groups is 1. The first-order chi connectivity index (χ1) is 13.6. The number of hydrogen-bond donors (Lipinski definition) is 4. The zero-order chi connectivity index (χ0) is 23.2. The second-order valence-corrected chi connectivity index (χ2v) is 7.60. The zero-order valence-corrected chi connectivity index (χ0v) is 16.9. The summed E-state index contributed by atoms with van der Waals surface area (Å²) in [5, 5.41) is 17.5. The molecule has 154 valence electrons. The van der Waals surface area contributed by atoms with E-state index in [0.29, 0.717) is 4.57 Å². The van der Waals surface area contributed by atoms with Crippen LogP contribution < -0.4 is 11.4 Å². The molecule has 0 unspecified atom stereocenters. The summed E-state index contributed by atoms with van der Waals surface area (Å²) in [6.07, 6.45) is 1.29. The van der Waals surface area contributed by atoms with Gasteiger partial charge in [0, 0.05) is 6.20 Å². The topological polar surface area (TPSA) is 140 Å². The smallest absolute Gasteiger partial charge is 0.328 e. The lowest BCUT2D eigenvalue weighted by Crippen LogP contribution is -2.62. The molecule has 5 atom stereocenters. The molecule has 6 radical (unpaired) electrons. The Hall–Kier alpha value is -1.91. The Bertz CT molecular complexity index is 1010. The van der Waals surface area contributed by atoms with Crippen LogP contribution in [0.4, 0.5) is 4.39 Å². The first-order valence-corrected chi connectivity index (χ1v) is 8.96. The predicted octanol–water partition coefficient (Wildman–Crippen LogP) is -2.40. The van der Waals surface area contributed by atoms with Crippen molar-refractivity contribution in [3.63, 3.8) is 0 Å². The second-order valence-electron chi connectivity index (χ2n) is 7.19. The number of nitrogens with one attached hydrogen (secondary N) is 1. The monoisotopic (exact) mass is 431 g/mol. The molecule has 9 nitrogen and oxygen atoms in total. The van der Waals surface area contributed by atoms with E-state index in [1.54, 1.807) is 13.8 Å². The van der Waals surface area contributed by atoms with Gasteiger partial charge in [0.1, 0.15) is 52.1 Å². The van der Waals surface area contributed by atoms with E-state index in [-0.39, 0.29) is 10.2 Å². The van der Waals surface area contributed by atoms with Crippen molar-refractivity contribution in [2.24, 2.45) is 11.7 Å². The molecule has 2 heterocycles. The van der Waals surface area contributed by atoms with Crippen molar-refractivity contribution in [2.75, 3.05) is 0 Å². The molecule has 1 fully saturated rings. The number of hydrogen-bond acceptors (Lipinski definition) is 8. The highest BCUT2D eigenvalue weighted by molar-refractivity contribution is 7.71. The Morgan fingerprint density at radius 2 is 2.10 bits per heavy atom. The lowest BCUT2D eigenvalue weighted by molar-refractivity contribution is -0.250. The molecule has 1 saturated heterocycles. The molecular weight excluding hydrogens is 414 g/mol. The van der Waals surface area contributed by atoms with E-state index >= 15 is 4.39 Å². The largest absolute Gasteiger partial charge is 0.473 e. The van der Waals surface area contributed by atoms with Crippen LogP contribution in [0, 0.1) is 22.9 Å². The summed E-state index contributed by atoms with van der Waals surface area (Å²) in [4.78, 5) is 26.5. The molecule has 0 aliphatic carbocycles. The van der Waals surface area contributed by atoms with Crippen molar-refractivity contribution in [3.8, 4) is 12.3 Å². The van der Waals surface area contributed by atoms with E-state index in [0.717, 1.165) is 6.20 Å². The number of aromatic amines is 1. The van der Waals surface area contributed by atoms with E-state index < -0.39 is 52.7 Å². The molecule has 1 aliphatic heterocycles. The normalized spacial score (nSPS) is 30.1. The van der Waals surface area contributed by atoms with Crippen LogP contribution in [0.5, 0.6) is 0 Å². The van der Waals surface area contributed by atoms with E-state index in [9.17, 15) is 19.8 Å². The fraction of sp³-hybridized carbons (Fsp3) is 0.562. The van der Waals surface area contributed by atoms with Gasteiger partial charge in [-0.2, -0.15) is 0 Å². The molecule has 1 aliphatic rings. The third-order valence-electron chi connectivity index (χ3n) is 4.68. The molecule has 0 spiro atoms. The highest BCUT2D eigenvalue weighted by Gasteiger charge is 2.68. The van der Waals surface area contributed by atoms with Gasteiger partial charge in [-0.3, -0.25) is 14.3 Å². The summed E-state index contributed by atoms with van der Waals surface area (Å²) >= 11 is 4.87.